The Labute approximate surface area is 355 Å². The van der Waals surface area contributed by atoms with Gasteiger partial charge in [0, 0.05) is 70.5 Å². The second-order valence-electron chi connectivity index (χ2n) is 14.5. The summed E-state index contributed by atoms with van der Waals surface area (Å²) in [5.41, 5.74) is 5.88. The van der Waals surface area contributed by atoms with Crippen molar-refractivity contribution in [3.63, 3.8) is 0 Å². The molecular formula is C41H55Cl3N8O2S2. The Hall–Kier alpha value is -2.49. The van der Waals surface area contributed by atoms with Gasteiger partial charge < -0.3 is 20.5 Å². The van der Waals surface area contributed by atoms with Crippen LogP contribution in [0.15, 0.2) is 61.2 Å². The molecule has 10 nitrogen and oxygen atoms in total. The first-order valence-corrected chi connectivity index (χ1v) is 21.2. The number of ether oxygens (including phenoxy) is 2. The normalized spacial score (nSPS) is 23.1. The quantitative estimate of drug-likeness (QED) is 0.166. The van der Waals surface area contributed by atoms with Gasteiger partial charge >= 0.3 is 0 Å². The van der Waals surface area contributed by atoms with E-state index >= 15 is 0 Å². The van der Waals surface area contributed by atoms with Crippen LogP contribution in [0.25, 0.3) is 40.6 Å². The van der Waals surface area contributed by atoms with Crippen LogP contribution < -0.4 is 11.1 Å². The first-order chi connectivity index (χ1) is 26.1. The molecule has 0 radical (unpaired) electrons. The van der Waals surface area contributed by atoms with E-state index in [9.17, 15) is 0 Å². The average Bonchev–Trinajstić information content (AvgIpc) is 3.80. The largest absolute Gasteiger partial charge is 0.379 e. The van der Waals surface area contributed by atoms with Crippen molar-refractivity contribution in [2.45, 2.75) is 83.0 Å². The van der Waals surface area contributed by atoms with E-state index in [1.54, 1.807) is 29.0 Å². The van der Waals surface area contributed by atoms with Crippen LogP contribution in [-0.2, 0) is 9.47 Å². The van der Waals surface area contributed by atoms with E-state index in [4.69, 9.17) is 26.8 Å². The highest BCUT2D eigenvalue weighted by molar-refractivity contribution is 7.25. The first kappa shape index (κ1) is 44.6. The Morgan fingerprint density at radius 2 is 1.09 bits per heavy atom. The van der Waals surface area contributed by atoms with E-state index in [2.05, 4.69) is 65.4 Å². The van der Waals surface area contributed by atoms with Crippen molar-refractivity contribution in [2.75, 3.05) is 57.9 Å². The molecule has 2 aliphatic heterocycles. The minimum absolute atomic E-state index is 0. The molecule has 4 fully saturated rings. The minimum Gasteiger partial charge on any atom is -0.379 e. The Kier molecular flexibility index (Phi) is 17.1. The molecule has 6 aromatic rings. The summed E-state index contributed by atoms with van der Waals surface area (Å²) >= 11 is 9.42. The highest BCUT2D eigenvalue weighted by Crippen LogP contribution is 2.37. The van der Waals surface area contributed by atoms with Gasteiger partial charge in [-0.1, -0.05) is 55.4 Å². The number of anilines is 1. The standard InChI is InChI=1S/C20H24N4OS.C10H5ClN2S.C10H20N2O.CH4.2ClH/c1-2-4-17-16(3-1)18-19(21-13-22-20(18)26-17)23-14-5-7-15(8-6-14)24-9-11-25-12-10-24;11-9-8-6-3-1-2-4-7(6)14-10(8)13-5-12-9;11-9-1-3-10(4-2-9)12-5-7-13-8-6-12;;;/h1-4,13-15H,5-12H2,(H,21,22,23);1-5H;9-10H,1-8,11H2;1H4;2*1H. The van der Waals surface area contributed by atoms with Crippen molar-refractivity contribution < 1.29 is 9.47 Å². The maximum absolute atomic E-state index is 6.03. The van der Waals surface area contributed by atoms with Crippen LogP contribution >= 0.6 is 59.1 Å². The summed E-state index contributed by atoms with van der Waals surface area (Å²) in [6.45, 7) is 8.06. The van der Waals surface area contributed by atoms with Crippen molar-refractivity contribution in [1.82, 2.24) is 29.7 Å². The molecule has 0 spiro atoms. The van der Waals surface area contributed by atoms with Crippen LogP contribution in [0.1, 0.15) is 58.8 Å². The summed E-state index contributed by atoms with van der Waals surface area (Å²) in [6.07, 6.45) is 13.1. The van der Waals surface area contributed by atoms with Gasteiger partial charge in [0.1, 0.15) is 33.3 Å². The molecule has 0 atom stereocenters. The highest BCUT2D eigenvalue weighted by atomic mass is 35.5. The Bertz CT molecular complexity index is 2090. The van der Waals surface area contributed by atoms with Gasteiger partial charge in [-0.2, -0.15) is 0 Å². The summed E-state index contributed by atoms with van der Waals surface area (Å²) in [4.78, 5) is 24.5. The van der Waals surface area contributed by atoms with Crippen LogP contribution in [0.4, 0.5) is 5.82 Å². The zero-order chi connectivity index (χ0) is 36.0. The number of hydrogen-bond donors (Lipinski definition) is 2. The molecular weight excluding hydrogens is 807 g/mol. The fourth-order valence-electron chi connectivity index (χ4n) is 8.32. The predicted molar refractivity (Wildman–Crippen MR) is 241 cm³/mol. The number of nitrogens with one attached hydrogen (secondary N) is 1. The molecule has 0 bridgehead atoms. The van der Waals surface area contributed by atoms with E-state index < -0.39 is 0 Å². The third-order valence-electron chi connectivity index (χ3n) is 11.2. The van der Waals surface area contributed by atoms with Crippen molar-refractivity contribution in [3.8, 4) is 0 Å². The zero-order valence-corrected chi connectivity index (χ0v) is 35.0. The number of nitrogens with two attached hydrogens (primary N) is 1. The number of thiophene rings is 2. The molecule has 2 saturated heterocycles. The number of fused-ring (bicyclic) bond motifs is 6. The van der Waals surface area contributed by atoms with Gasteiger partial charge in [-0.3, -0.25) is 9.80 Å². The SMILES string of the molecule is C.Cl.Cl.Clc1ncnc2sc3ccccc3c12.NC1CCC(N2CCOCC2)CC1.c1ccc2c(c1)sc1ncnc(NC3CCC(N4CCOCC4)CC3)c12. The van der Waals surface area contributed by atoms with Gasteiger partial charge in [0.25, 0.3) is 0 Å². The molecule has 304 valence electrons. The van der Waals surface area contributed by atoms with E-state index in [-0.39, 0.29) is 32.2 Å². The van der Waals surface area contributed by atoms with E-state index in [1.807, 2.05) is 18.2 Å². The van der Waals surface area contributed by atoms with Crippen molar-refractivity contribution in [3.05, 3.63) is 66.3 Å². The lowest BCUT2D eigenvalue weighted by atomic mass is 9.90. The molecule has 2 saturated carbocycles. The molecule has 2 aromatic carbocycles. The number of rotatable bonds is 4. The molecule has 0 amide bonds. The maximum Gasteiger partial charge on any atom is 0.141 e. The minimum atomic E-state index is 0. The third-order valence-corrected chi connectivity index (χ3v) is 13.7. The molecule has 15 heteroatoms. The second-order valence-corrected chi connectivity index (χ2v) is 16.9. The summed E-state index contributed by atoms with van der Waals surface area (Å²) in [7, 11) is 0. The average molecular weight is 862 g/mol. The number of halogens is 3. The summed E-state index contributed by atoms with van der Waals surface area (Å²) in [5.74, 6) is 1.00. The second kappa shape index (κ2) is 21.5. The lowest BCUT2D eigenvalue weighted by Gasteiger charge is -2.39. The van der Waals surface area contributed by atoms with E-state index in [0.717, 1.165) is 90.9 Å². The maximum atomic E-state index is 6.03. The predicted octanol–water partition coefficient (Wildman–Crippen LogP) is 9.47. The van der Waals surface area contributed by atoms with Gasteiger partial charge in [0.05, 0.1) is 37.2 Å². The van der Waals surface area contributed by atoms with Gasteiger partial charge in [-0.15, -0.1) is 47.5 Å². The van der Waals surface area contributed by atoms with Crippen LogP contribution in [0, 0.1) is 0 Å². The fourth-order valence-corrected chi connectivity index (χ4v) is 10.7. The highest BCUT2D eigenvalue weighted by Gasteiger charge is 2.28. The Balaban J connectivity index is 0.000000171. The number of aromatic nitrogens is 4. The van der Waals surface area contributed by atoms with Crippen LogP contribution in [-0.4, -0.2) is 107 Å². The van der Waals surface area contributed by atoms with Gasteiger partial charge in [0.15, 0.2) is 0 Å². The van der Waals surface area contributed by atoms with E-state index in [0.29, 0.717) is 17.2 Å². The number of morpholine rings is 2. The molecule has 4 aromatic heterocycles. The monoisotopic (exact) mass is 860 g/mol. The Morgan fingerprint density at radius 3 is 1.64 bits per heavy atom. The molecule has 4 aliphatic rings. The number of nitrogens with zero attached hydrogens (tertiary/aromatic N) is 6. The van der Waals surface area contributed by atoms with Crippen LogP contribution in [0.5, 0.6) is 0 Å². The Morgan fingerprint density at radius 1 is 0.625 bits per heavy atom. The summed E-state index contributed by atoms with van der Waals surface area (Å²) in [5, 5.41) is 8.82. The molecule has 0 unspecified atom stereocenters. The van der Waals surface area contributed by atoms with Crippen LogP contribution in [0.2, 0.25) is 5.15 Å². The van der Waals surface area contributed by atoms with Gasteiger partial charge in [-0.05, 0) is 63.5 Å². The number of hydrogen-bond acceptors (Lipinski definition) is 12. The first-order valence-electron chi connectivity index (χ1n) is 19.2. The summed E-state index contributed by atoms with van der Waals surface area (Å²) in [6, 6.07) is 19.1. The lowest BCUT2D eigenvalue weighted by molar-refractivity contribution is 0.00749. The fraction of sp³-hybridized carbons (Fsp3) is 0.512. The topological polar surface area (TPSA) is 115 Å². The summed E-state index contributed by atoms with van der Waals surface area (Å²) < 4.78 is 13.3. The lowest BCUT2D eigenvalue weighted by Crippen LogP contribution is -2.46. The van der Waals surface area contributed by atoms with Crippen LogP contribution in [0.3, 0.4) is 0 Å². The molecule has 10 rings (SSSR count). The van der Waals surface area contributed by atoms with Crippen molar-refractivity contribution in [1.29, 1.82) is 0 Å². The number of benzene rings is 2. The molecule has 3 N–H and O–H groups in total. The molecule has 56 heavy (non-hydrogen) atoms. The van der Waals surface area contributed by atoms with Gasteiger partial charge in [0.2, 0.25) is 0 Å². The van der Waals surface area contributed by atoms with E-state index in [1.165, 1.54) is 77.9 Å². The smallest absolute Gasteiger partial charge is 0.141 e. The third kappa shape index (κ3) is 10.6. The molecule has 2 aliphatic carbocycles. The van der Waals surface area contributed by atoms with Crippen molar-refractivity contribution in [2.24, 2.45) is 5.73 Å². The molecule has 6 heterocycles. The van der Waals surface area contributed by atoms with Crippen molar-refractivity contribution >= 4 is 106 Å². The zero-order valence-electron chi connectivity index (χ0n) is 31.0. The van der Waals surface area contributed by atoms with Gasteiger partial charge in [-0.25, -0.2) is 19.9 Å².